The van der Waals surface area contributed by atoms with Gasteiger partial charge in [0.1, 0.15) is 6.26 Å². The van der Waals surface area contributed by atoms with Crippen LogP contribution in [0.3, 0.4) is 0 Å². The number of carbonyl (C=O) groups excluding carboxylic acids is 2. The number of halogens is 2. The second kappa shape index (κ2) is 7.93. The fourth-order valence-electron chi connectivity index (χ4n) is 2.94. The molecule has 7 heteroatoms. The van der Waals surface area contributed by atoms with Crippen LogP contribution in [0.15, 0.2) is 41.2 Å². The van der Waals surface area contributed by atoms with Gasteiger partial charge in [-0.1, -0.05) is 29.3 Å². The fraction of sp³-hybridized carbons (Fsp3) is 0.333. The van der Waals surface area contributed by atoms with Gasteiger partial charge in [-0.3, -0.25) is 9.59 Å². The lowest BCUT2D eigenvalue weighted by Gasteiger charge is -2.32. The Hall–Kier alpha value is -1.98. The van der Waals surface area contributed by atoms with Crippen molar-refractivity contribution in [1.82, 2.24) is 10.2 Å². The number of nitrogens with zero attached hydrogens (tertiary/aromatic N) is 1. The van der Waals surface area contributed by atoms with Crippen LogP contribution in [0.25, 0.3) is 0 Å². The molecule has 132 valence electrons. The molecular formula is C18H18Cl2N2O3. The number of nitrogens with one attached hydrogen (secondary N) is 1. The maximum Gasteiger partial charge on any atom is 0.257 e. The SMILES string of the molecule is O=C(Cc1c(Cl)cccc1Cl)NC1CCN(C(=O)c2ccoc2)CC1. The summed E-state index contributed by atoms with van der Waals surface area (Å²) >= 11 is 12.2. The van der Waals surface area contributed by atoms with Gasteiger partial charge in [0.05, 0.1) is 18.2 Å². The maximum atomic E-state index is 12.3. The minimum atomic E-state index is -0.116. The molecule has 0 aliphatic carbocycles. The molecule has 2 aromatic rings. The minimum absolute atomic E-state index is 0.0404. The molecule has 1 aromatic heterocycles. The largest absolute Gasteiger partial charge is 0.472 e. The Morgan fingerprint density at radius 2 is 1.84 bits per heavy atom. The lowest BCUT2D eigenvalue weighted by atomic mass is 10.0. The number of furan rings is 1. The zero-order valence-corrected chi connectivity index (χ0v) is 15.0. The molecule has 0 bridgehead atoms. The molecule has 0 saturated carbocycles. The molecule has 1 N–H and O–H groups in total. The highest BCUT2D eigenvalue weighted by molar-refractivity contribution is 6.36. The van der Waals surface area contributed by atoms with Crippen LogP contribution in [-0.4, -0.2) is 35.8 Å². The average Bonchev–Trinajstić information content (AvgIpc) is 3.13. The molecule has 2 amide bonds. The predicted octanol–water partition coefficient (Wildman–Crippen LogP) is 3.55. The zero-order chi connectivity index (χ0) is 17.8. The third-order valence-corrected chi connectivity index (χ3v) is 5.02. The second-order valence-electron chi connectivity index (χ2n) is 6.02. The monoisotopic (exact) mass is 380 g/mol. The first-order chi connectivity index (χ1) is 12.0. The van der Waals surface area contributed by atoms with Gasteiger partial charge < -0.3 is 14.6 Å². The van der Waals surface area contributed by atoms with Crippen LogP contribution >= 0.6 is 23.2 Å². The van der Waals surface area contributed by atoms with Crippen LogP contribution in [0.5, 0.6) is 0 Å². The van der Waals surface area contributed by atoms with Gasteiger partial charge in [0.25, 0.3) is 5.91 Å². The molecule has 2 heterocycles. The second-order valence-corrected chi connectivity index (χ2v) is 6.84. The Balaban J connectivity index is 1.50. The summed E-state index contributed by atoms with van der Waals surface area (Å²) < 4.78 is 4.95. The highest BCUT2D eigenvalue weighted by Gasteiger charge is 2.25. The number of carbonyl (C=O) groups is 2. The van der Waals surface area contributed by atoms with Crippen LogP contribution < -0.4 is 5.32 Å². The smallest absolute Gasteiger partial charge is 0.257 e. The Labute approximate surface area is 155 Å². The van der Waals surface area contributed by atoms with Gasteiger partial charge in [-0.25, -0.2) is 0 Å². The van der Waals surface area contributed by atoms with Crippen molar-refractivity contribution in [2.24, 2.45) is 0 Å². The third-order valence-electron chi connectivity index (χ3n) is 4.31. The van der Waals surface area contributed by atoms with Crippen LogP contribution in [0.4, 0.5) is 0 Å². The summed E-state index contributed by atoms with van der Waals surface area (Å²) in [4.78, 5) is 26.3. The van der Waals surface area contributed by atoms with Crippen LogP contribution in [-0.2, 0) is 11.2 Å². The van der Waals surface area contributed by atoms with E-state index >= 15 is 0 Å². The Morgan fingerprint density at radius 1 is 1.16 bits per heavy atom. The molecule has 3 rings (SSSR count). The van der Waals surface area contributed by atoms with Crippen molar-refractivity contribution >= 4 is 35.0 Å². The first kappa shape index (κ1) is 17.8. The van der Waals surface area contributed by atoms with Crippen molar-refractivity contribution in [1.29, 1.82) is 0 Å². The van der Waals surface area contributed by atoms with Crippen molar-refractivity contribution in [3.05, 3.63) is 58.0 Å². The van der Waals surface area contributed by atoms with Crippen LogP contribution in [0.2, 0.25) is 10.0 Å². The minimum Gasteiger partial charge on any atom is -0.472 e. The number of hydrogen-bond donors (Lipinski definition) is 1. The molecule has 5 nitrogen and oxygen atoms in total. The first-order valence-corrected chi connectivity index (χ1v) is 8.84. The fourth-order valence-corrected chi connectivity index (χ4v) is 3.47. The molecule has 0 atom stereocenters. The van der Waals surface area contributed by atoms with E-state index in [1.807, 2.05) is 0 Å². The van der Waals surface area contributed by atoms with E-state index in [0.29, 0.717) is 47.1 Å². The van der Waals surface area contributed by atoms with Crippen LogP contribution in [0.1, 0.15) is 28.8 Å². The molecule has 0 unspecified atom stereocenters. The molecular weight excluding hydrogens is 363 g/mol. The number of hydrogen-bond acceptors (Lipinski definition) is 3. The van der Waals surface area contributed by atoms with Crippen LogP contribution in [0, 0.1) is 0 Å². The number of rotatable bonds is 4. The molecule has 1 aromatic carbocycles. The van der Waals surface area contributed by atoms with Crippen molar-refractivity contribution in [3.8, 4) is 0 Å². The Kier molecular flexibility index (Phi) is 5.66. The quantitative estimate of drug-likeness (QED) is 0.881. The average molecular weight is 381 g/mol. The molecule has 1 fully saturated rings. The van der Waals surface area contributed by atoms with Gasteiger partial charge >= 0.3 is 0 Å². The molecule has 1 aliphatic rings. The van der Waals surface area contributed by atoms with E-state index < -0.39 is 0 Å². The summed E-state index contributed by atoms with van der Waals surface area (Å²) in [5.41, 5.74) is 1.19. The van der Waals surface area contributed by atoms with E-state index in [4.69, 9.17) is 27.6 Å². The van der Waals surface area contributed by atoms with E-state index in [0.717, 1.165) is 0 Å². The number of likely N-dealkylation sites (tertiary alicyclic amines) is 1. The number of benzene rings is 1. The zero-order valence-electron chi connectivity index (χ0n) is 13.5. The summed E-state index contributed by atoms with van der Waals surface area (Å²) in [6, 6.07) is 6.89. The van der Waals surface area contributed by atoms with Crippen molar-refractivity contribution in [3.63, 3.8) is 0 Å². The Bertz CT molecular complexity index is 733. The van der Waals surface area contributed by atoms with E-state index in [9.17, 15) is 9.59 Å². The van der Waals surface area contributed by atoms with Crippen molar-refractivity contribution < 1.29 is 14.0 Å². The summed E-state index contributed by atoms with van der Waals surface area (Å²) in [5.74, 6) is -0.156. The van der Waals surface area contributed by atoms with Gasteiger partial charge in [-0.05, 0) is 36.6 Å². The molecule has 1 saturated heterocycles. The normalized spacial score (nSPS) is 15.2. The van der Waals surface area contributed by atoms with E-state index in [1.165, 1.54) is 12.5 Å². The molecule has 1 aliphatic heterocycles. The van der Waals surface area contributed by atoms with Gasteiger partial charge in [0.2, 0.25) is 5.91 Å². The van der Waals surface area contributed by atoms with Gasteiger partial charge in [-0.15, -0.1) is 0 Å². The lowest BCUT2D eigenvalue weighted by molar-refractivity contribution is -0.121. The standard InChI is InChI=1S/C18H18Cl2N2O3/c19-15-2-1-3-16(20)14(15)10-17(23)21-13-4-7-22(8-5-13)18(24)12-6-9-25-11-12/h1-3,6,9,11,13H,4-5,7-8,10H2,(H,21,23). The summed E-state index contributed by atoms with van der Waals surface area (Å²) in [5, 5.41) is 3.98. The molecule has 0 radical (unpaired) electrons. The molecule has 0 spiro atoms. The lowest BCUT2D eigenvalue weighted by Crippen LogP contribution is -2.46. The van der Waals surface area contributed by atoms with Gasteiger partial charge in [0.15, 0.2) is 0 Å². The Morgan fingerprint density at radius 3 is 2.44 bits per heavy atom. The number of piperidine rings is 1. The summed E-state index contributed by atoms with van der Waals surface area (Å²) in [6.45, 7) is 1.20. The van der Waals surface area contributed by atoms with Gasteiger partial charge in [-0.2, -0.15) is 0 Å². The van der Waals surface area contributed by atoms with Crippen molar-refractivity contribution in [2.45, 2.75) is 25.3 Å². The summed E-state index contributed by atoms with van der Waals surface area (Å²) in [6.07, 6.45) is 4.51. The number of amides is 2. The highest BCUT2D eigenvalue weighted by Crippen LogP contribution is 2.24. The summed E-state index contributed by atoms with van der Waals surface area (Å²) in [7, 11) is 0. The highest BCUT2D eigenvalue weighted by atomic mass is 35.5. The third kappa shape index (κ3) is 4.35. The van der Waals surface area contributed by atoms with Gasteiger partial charge in [0, 0.05) is 29.2 Å². The maximum absolute atomic E-state index is 12.3. The predicted molar refractivity (Wildman–Crippen MR) is 95.9 cm³/mol. The molecule has 25 heavy (non-hydrogen) atoms. The van der Waals surface area contributed by atoms with E-state index in [-0.39, 0.29) is 24.3 Å². The topological polar surface area (TPSA) is 62.6 Å². The van der Waals surface area contributed by atoms with Crippen molar-refractivity contribution in [2.75, 3.05) is 13.1 Å². The van der Waals surface area contributed by atoms with E-state index in [2.05, 4.69) is 5.32 Å². The first-order valence-electron chi connectivity index (χ1n) is 8.08. The van der Waals surface area contributed by atoms with E-state index in [1.54, 1.807) is 29.2 Å².